The minimum absolute atomic E-state index is 0.297. The van der Waals surface area contributed by atoms with E-state index >= 15 is 0 Å². The summed E-state index contributed by atoms with van der Waals surface area (Å²) < 4.78 is 0.798. The van der Waals surface area contributed by atoms with E-state index in [0.717, 1.165) is 29.7 Å². The molecule has 1 aromatic rings. The third kappa shape index (κ3) is 2.98. The van der Waals surface area contributed by atoms with E-state index in [1.54, 1.807) is 12.1 Å². The standard InChI is InChI=1S/C12H15BrN2O2/c1-15-5-4-9(7-15)14-11-3-2-8(12(16)17)6-10(11)13/h2-3,6,9,14H,4-5,7H2,1H3,(H,16,17). The average molecular weight is 299 g/mol. The van der Waals surface area contributed by atoms with E-state index in [0.29, 0.717) is 11.6 Å². The minimum Gasteiger partial charge on any atom is -0.478 e. The normalized spacial score (nSPS) is 20.5. The van der Waals surface area contributed by atoms with Gasteiger partial charge in [-0.3, -0.25) is 0 Å². The smallest absolute Gasteiger partial charge is 0.335 e. The first-order valence-electron chi connectivity index (χ1n) is 5.54. The van der Waals surface area contributed by atoms with Gasteiger partial charge in [0.05, 0.1) is 5.56 Å². The Morgan fingerprint density at radius 2 is 2.35 bits per heavy atom. The van der Waals surface area contributed by atoms with Crippen molar-refractivity contribution in [2.45, 2.75) is 12.5 Å². The monoisotopic (exact) mass is 298 g/mol. The van der Waals surface area contributed by atoms with Crippen molar-refractivity contribution in [2.75, 3.05) is 25.5 Å². The van der Waals surface area contributed by atoms with E-state index in [1.807, 2.05) is 6.07 Å². The number of carbonyl (C=O) groups is 1. The molecular formula is C12H15BrN2O2. The number of aromatic carboxylic acids is 1. The van der Waals surface area contributed by atoms with Crippen LogP contribution in [0.2, 0.25) is 0 Å². The summed E-state index contributed by atoms with van der Waals surface area (Å²) in [5.74, 6) is -0.905. The fourth-order valence-corrected chi connectivity index (χ4v) is 2.53. The van der Waals surface area contributed by atoms with Gasteiger partial charge in [0.2, 0.25) is 0 Å². The zero-order valence-electron chi connectivity index (χ0n) is 9.61. The van der Waals surface area contributed by atoms with E-state index in [9.17, 15) is 4.79 Å². The Morgan fingerprint density at radius 1 is 1.59 bits per heavy atom. The highest BCUT2D eigenvalue weighted by atomic mass is 79.9. The number of benzene rings is 1. The maximum atomic E-state index is 10.8. The third-order valence-electron chi connectivity index (χ3n) is 2.97. The van der Waals surface area contributed by atoms with Crippen LogP contribution in [0.25, 0.3) is 0 Å². The second kappa shape index (κ2) is 5.06. The Morgan fingerprint density at radius 3 is 2.88 bits per heavy atom. The van der Waals surface area contributed by atoms with Crippen molar-refractivity contribution in [2.24, 2.45) is 0 Å². The Bertz CT molecular complexity index is 437. The summed E-state index contributed by atoms with van der Waals surface area (Å²) in [7, 11) is 2.10. The topological polar surface area (TPSA) is 52.6 Å². The lowest BCUT2D eigenvalue weighted by molar-refractivity contribution is 0.0697. The van der Waals surface area contributed by atoms with Crippen LogP contribution in [0, 0.1) is 0 Å². The average Bonchev–Trinajstić information content (AvgIpc) is 2.67. The summed E-state index contributed by atoms with van der Waals surface area (Å²) >= 11 is 3.40. The predicted octanol–water partition coefficient (Wildman–Crippen LogP) is 2.26. The van der Waals surface area contributed by atoms with E-state index in [4.69, 9.17) is 5.11 Å². The number of anilines is 1. The molecule has 0 spiro atoms. The van der Waals surface area contributed by atoms with E-state index in [-0.39, 0.29) is 0 Å². The lowest BCUT2D eigenvalue weighted by atomic mass is 10.2. The molecule has 2 N–H and O–H groups in total. The van der Waals surface area contributed by atoms with Gasteiger partial charge in [0.25, 0.3) is 0 Å². The maximum absolute atomic E-state index is 10.8. The summed E-state index contributed by atoms with van der Waals surface area (Å²) in [6.45, 7) is 2.12. The number of likely N-dealkylation sites (N-methyl/N-ethyl adjacent to an activating group) is 1. The molecule has 0 bridgehead atoms. The summed E-state index contributed by atoms with van der Waals surface area (Å²) in [6.07, 6.45) is 1.11. The number of nitrogens with zero attached hydrogens (tertiary/aromatic N) is 1. The molecule has 17 heavy (non-hydrogen) atoms. The largest absolute Gasteiger partial charge is 0.478 e. The Labute approximate surface area is 109 Å². The SMILES string of the molecule is CN1CCC(Nc2ccc(C(=O)O)cc2Br)C1. The first-order valence-corrected chi connectivity index (χ1v) is 6.33. The van der Waals surface area contributed by atoms with E-state index < -0.39 is 5.97 Å². The lowest BCUT2D eigenvalue weighted by Gasteiger charge is -2.15. The van der Waals surface area contributed by atoms with Crippen LogP contribution in [0.1, 0.15) is 16.8 Å². The number of hydrogen-bond donors (Lipinski definition) is 2. The van der Waals surface area contributed by atoms with Gasteiger partial charge in [-0.25, -0.2) is 4.79 Å². The maximum Gasteiger partial charge on any atom is 0.335 e. The van der Waals surface area contributed by atoms with Crippen LogP contribution < -0.4 is 5.32 Å². The van der Waals surface area contributed by atoms with Crippen molar-refractivity contribution in [1.29, 1.82) is 0 Å². The molecule has 2 rings (SSSR count). The lowest BCUT2D eigenvalue weighted by Crippen LogP contribution is -2.23. The van der Waals surface area contributed by atoms with Crippen LogP contribution in [-0.2, 0) is 0 Å². The molecule has 5 heteroatoms. The summed E-state index contributed by atoms with van der Waals surface area (Å²) in [5, 5.41) is 12.3. The van der Waals surface area contributed by atoms with Crippen molar-refractivity contribution in [3.63, 3.8) is 0 Å². The highest BCUT2D eigenvalue weighted by Gasteiger charge is 2.19. The van der Waals surface area contributed by atoms with Gasteiger partial charge in [-0.05, 0) is 54.1 Å². The van der Waals surface area contributed by atoms with Crippen LogP contribution in [0.5, 0.6) is 0 Å². The van der Waals surface area contributed by atoms with Crippen LogP contribution >= 0.6 is 15.9 Å². The Kier molecular flexibility index (Phi) is 3.69. The molecule has 0 aromatic heterocycles. The van der Waals surface area contributed by atoms with Crippen molar-refractivity contribution < 1.29 is 9.90 Å². The number of halogens is 1. The summed E-state index contributed by atoms with van der Waals surface area (Å²) in [5.41, 5.74) is 1.25. The summed E-state index contributed by atoms with van der Waals surface area (Å²) in [4.78, 5) is 13.1. The predicted molar refractivity (Wildman–Crippen MR) is 70.6 cm³/mol. The Balaban J connectivity index is 2.09. The minimum atomic E-state index is -0.905. The number of hydrogen-bond acceptors (Lipinski definition) is 3. The molecule has 1 unspecified atom stereocenters. The molecule has 1 aliphatic heterocycles. The number of rotatable bonds is 3. The number of carboxylic acid groups (broad SMARTS) is 1. The first-order chi connectivity index (χ1) is 8.06. The molecule has 1 heterocycles. The molecule has 0 saturated carbocycles. The molecule has 0 aliphatic carbocycles. The molecule has 1 aliphatic rings. The van der Waals surface area contributed by atoms with Gasteiger partial charge in [0.1, 0.15) is 0 Å². The highest BCUT2D eigenvalue weighted by molar-refractivity contribution is 9.10. The number of likely N-dealkylation sites (tertiary alicyclic amines) is 1. The van der Waals surface area contributed by atoms with Crippen LogP contribution in [0.15, 0.2) is 22.7 Å². The zero-order valence-corrected chi connectivity index (χ0v) is 11.2. The van der Waals surface area contributed by atoms with Gasteiger partial charge >= 0.3 is 5.97 Å². The van der Waals surface area contributed by atoms with Crippen molar-refractivity contribution in [3.05, 3.63) is 28.2 Å². The highest BCUT2D eigenvalue weighted by Crippen LogP contribution is 2.25. The fraction of sp³-hybridized carbons (Fsp3) is 0.417. The molecule has 1 aromatic carbocycles. The van der Waals surface area contributed by atoms with Gasteiger partial charge in [-0.1, -0.05) is 0 Å². The zero-order chi connectivity index (χ0) is 12.4. The van der Waals surface area contributed by atoms with Gasteiger partial charge in [-0.2, -0.15) is 0 Å². The van der Waals surface area contributed by atoms with Crippen molar-refractivity contribution >= 4 is 27.6 Å². The quantitative estimate of drug-likeness (QED) is 0.899. The molecule has 0 radical (unpaired) electrons. The second-order valence-corrected chi connectivity index (χ2v) is 5.25. The number of carboxylic acids is 1. The number of nitrogens with one attached hydrogen (secondary N) is 1. The third-order valence-corrected chi connectivity index (χ3v) is 3.62. The first kappa shape index (κ1) is 12.4. The van der Waals surface area contributed by atoms with E-state index in [1.165, 1.54) is 0 Å². The van der Waals surface area contributed by atoms with Crippen LogP contribution in [-0.4, -0.2) is 42.2 Å². The Hall–Kier alpha value is -1.07. The second-order valence-electron chi connectivity index (χ2n) is 4.39. The molecule has 0 amide bonds. The van der Waals surface area contributed by atoms with E-state index in [2.05, 4.69) is 33.2 Å². The summed E-state index contributed by atoms with van der Waals surface area (Å²) in [6, 6.07) is 5.50. The van der Waals surface area contributed by atoms with Crippen molar-refractivity contribution in [1.82, 2.24) is 4.90 Å². The van der Waals surface area contributed by atoms with Gasteiger partial charge in [-0.15, -0.1) is 0 Å². The van der Waals surface area contributed by atoms with Crippen LogP contribution in [0.3, 0.4) is 0 Å². The van der Waals surface area contributed by atoms with Crippen molar-refractivity contribution in [3.8, 4) is 0 Å². The van der Waals surface area contributed by atoms with Gasteiger partial charge < -0.3 is 15.3 Å². The molecular weight excluding hydrogens is 284 g/mol. The molecule has 1 saturated heterocycles. The molecule has 1 fully saturated rings. The molecule has 4 nitrogen and oxygen atoms in total. The molecule has 1 atom stereocenters. The van der Waals surface area contributed by atoms with Gasteiger partial charge in [0.15, 0.2) is 0 Å². The van der Waals surface area contributed by atoms with Crippen LogP contribution in [0.4, 0.5) is 5.69 Å². The molecule has 92 valence electrons. The van der Waals surface area contributed by atoms with Gasteiger partial charge in [0, 0.05) is 22.7 Å². The fourth-order valence-electron chi connectivity index (χ4n) is 2.04.